The van der Waals surface area contributed by atoms with Gasteiger partial charge in [0.2, 0.25) is 0 Å². The smallest absolute Gasteiger partial charge is 0.000589 e. The standard InChI is InChI=1S/C12H26N2/c1-9(2)12(6-13)8-14-7-10(3)11-4-5-11/h9-12,14H,4-8,13H2,1-3H3. The van der Waals surface area contributed by atoms with Crippen molar-refractivity contribution in [3.05, 3.63) is 0 Å². The first-order valence-corrected chi connectivity index (χ1v) is 6.06. The summed E-state index contributed by atoms with van der Waals surface area (Å²) in [6.45, 7) is 9.94. The Morgan fingerprint density at radius 3 is 2.29 bits per heavy atom. The number of nitrogens with two attached hydrogens (primary N) is 1. The molecule has 2 atom stereocenters. The third kappa shape index (κ3) is 3.97. The minimum Gasteiger partial charge on any atom is -0.330 e. The zero-order valence-corrected chi connectivity index (χ0v) is 9.92. The predicted molar refractivity (Wildman–Crippen MR) is 62.1 cm³/mol. The predicted octanol–water partition coefficient (Wildman–Crippen LogP) is 1.85. The Kier molecular flexibility index (Phi) is 4.90. The van der Waals surface area contributed by atoms with Crippen molar-refractivity contribution in [1.29, 1.82) is 0 Å². The van der Waals surface area contributed by atoms with Crippen molar-refractivity contribution in [3.8, 4) is 0 Å². The van der Waals surface area contributed by atoms with E-state index in [4.69, 9.17) is 5.73 Å². The van der Waals surface area contributed by atoms with Crippen molar-refractivity contribution in [2.24, 2.45) is 29.4 Å². The molecular weight excluding hydrogens is 172 g/mol. The van der Waals surface area contributed by atoms with E-state index in [1.54, 1.807) is 0 Å². The van der Waals surface area contributed by atoms with Gasteiger partial charge < -0.3 is 11.1 Å². The van der Waals surface area contributed by atoms with Crippen molar-refractivity contribution in [2.45, 2.75) is 33.6 Å². The SMILES string of the molecule is CC(C)C(CN)CNCC(C)C1CC1. The summed E-state index contributed by atoms with van der Waals surface area (Å²) in [5, 5.41) is 3.56. The number of rotatable bonds is 7. The lowest BCUT2D eigenvalue weighted by Crippen LogP contribution is -2.34. The summed E-state index contributed by atoms with van der Waals surface area (Å²) in [5.74, 6) is 3.21. The number of nitrogens with one attached hydrogen (secondary N) is 1. The molecule has 0 aromatic rings. The van der Waals surface area contributed by atoms with E-state index in [0.29, 0.717) is 11.8 Å². The van der Waals surface area contributed by atoms with Gasteiger partial charge in [-0.1, -0.05) is 20.8 Å². The molecule has 0 amide bonds. The summed E-state index contributed by atoms with van der Waals surface area (Å²) in [6.07, 6.45) is 2.90. The zero-order valence-electron chi connectivity index (χ0n) is 9.92. The highest BCUT2D eigenvalue weighted by Gasteiger charge is 2.27. The van der Waals surface area contributed by atoms with E-state index in [0.717, 1.165) is 24.9 Å². The van der Waals surface area contributed by atoms with Crippen LogP contribution in [-0.2, 0) is 0 Å². The average Bonchev–Trinajstić information content (AvgIpc) is 2.94. The molecule has 0 aromatic heterocycles. The second-order valence-corrected chi connectivity index (χ2v) is 5.21. The Morgan fingerprint density at radius 2 is 1.86 bits per heavy atom. The molecule has 0 aromatic carbocycles. The molecule has 1 rings (SSSR count). The molecule has 1 fully saturated rings. The van der Waals surface area contributed by atoms with E-state index < -0.39 is 0 Å². The second kappa shape index (κ2) is 5.72. The largest absolute Gasteiger partial charge is 0.330 e. The molecule has 0 bridgehead atoms. The van der Waals surface area contributed by atoms with Gasteiger partial charge in [-0.2, -0.15) is 0 Å². The van der Waals surface area contributed by atoms with Crippen LogP contribution in [0, 0.1) is 23.7 Å². The molecule has 3 N–H and O–H groups in total. The summed E-state index contributed by atoms with van der Waals surface area (Å²) in [7, 11) is 0. The summed E-state index contributed by atoms with van der Waals surface area (Å²) in [6, 6.07) is 0. The van der Waals surface area contributed by atoms with Crippen LogP contribution in [0.25, 0.3) is 0 Å². The Hall–Kier alpha value is -0.0800. The summed E-state index contributed by atoms with van der Waals surface area (Å²) in [4.78, 5) is 0. The molecule has 0 radical (unpaired) electrons. The van der Waals surface area contributed by atoms with Crippen LogP contribution in [0.3, 0.4) is 0 Å². The number of hydrogen-bond donors (Lipinski definition) is 2. The minimum absolute atomic E-state index is 0.640. The molecule has 2 unspecified atom stereocenters. The van der Waals surface area contributed by atoms with Crippen molar-refractivity contribution in [2.75, 3.05) is 19.6 Å². The molecular formula is C12H26N2. The lowest BCUT2D eigenvalue weighted by atomic mass is 9.96. The third-order valence-electron chi connectivity index (χ3n) is 3.55. The lowest BCUT2D eigenvalue weighted by Gasteiger charge is -2.20. The summed E-state index contributed by atoms with van der Waals surface area (Å²) < 4.78 is 0. The van der Waals surface area contributed by atoms with E-state index in [1.165, 1.54) is 19.4 Å². The van der Waals surface area contributed by atoms with Crippen LogP contribution in [0.15, 0.2) is 0 Å². The Bertz CT molecular complexity index is 152. The van der Waals surface area contributed by atoms with E-state index in [2.05, 4.69) is 26.1 Å². The van der Waals surface area contributed by atoms with E-state index in [9.17, 15) is 0 Å². The topological polar surface area (TPSA) is 38.0 Å². The molecule has 14 heavy (non-hydrogen) atoms. The van der Waals surface area contributed by atoms with Crippen LogP contribution >= 0.6 is 0 Å². The van der Waals surface area contributed by atoms with Gasteiger partial charge in [0.05, 0.1) is 0 Å². The Balaban J connectivity index is 2.06. The minimum atomic E-state index is 0.640. The highest BCUT2D eigenvalue weighted by atomic mass is 14.9. The van der Waals surface area contributed by atoms with Gasteiger partial charge in [0, 0.05) is 0 Å². The maximum Gasteiger partial charge on any atom is -0.000589 e. The summed E-state index contributed by atoms with van der Waals surface area (Å²) in [5.41, 5.74) is 5.72. The molecule has 0 aliphatic heterocycles. The lowest BCUT2D eigenvalue weighted by molar-refractivity contribution is 0.352. The second-order valence-electron chi connectivity index (χ2n) is 5.21. The van der Waals surface area contributed by atoms with Crippen molar-refractivity contribution in [1.82, 2.24) is 5.32 Å². The first-order valence-electron chi connectivity index (χ1n) is 6.06. The molecule has 1 aliphatic rings. The fraction of sp³-hybridized carbons (Fsp3) is 1.00. The highest BCUT2D eigenvalue weighted by Crippen LogP contribution is 2.36. The van der Waals surface area contributed by atoms with Gasteiger partial charge in [-0.25, -0.2) is 0 Å². The molecule has 0 spiro atoms. The van der Waals surface area contributed by atoms with Gasteiger partial charge in [0.15, 0.2) is 0 Å². The Labute approximate surface area is 88.6 Å². The molecule has 84 valence electrons. The number of hydrogen-bond acceptors (Lipinski definition) is 2. The summed E-state index contributed by atoms with van der Waals surface area (Å²) >= 11 is 0. The molecule has 1 aliphatic carbocycles. The highest BCUT2D eigenvalue weighted by molar-refractivity contribution is 4.80. The quantitative estimate of drug-likeness (QED) is 0.655. The fourth-order valence-corrected chi connectivity index (χ4v) is 1.92. The van der Waals surface area contributed by atoms with Crippen LogP contribution in [-0.4, -0.2) is 19.6 Å². The van der Waals surface area contributed by atoms with Crippen molar-refractivity contribution in [3.63, 3.8) is 0 Å². The normalized spacial score (nSPS) is 21.2. The molecule has 2 heteroatoms. The van der Waals surface area contributed by atoms with Crippen LogP contribution < -0.4 is 11.1 Å². The van der Waals surface area contributed by atoms with Gasteiger partial charge in [-0.05, 0) is 56.1 Å². The van der Waals surface area contributed by atoms with Crippen molar-refractivity contribution >= 4 is 0 Å². The van der Waals surface area contributed by atoms with Crippen LogP contribution in [0.1, 0.15) is 33.6 Å². The zero-order chi connectivity index (χ0) is 10.6. The van der Waals surface area contributed by atoms with Gasteiger partial charge >= 0.3 is 0 Å². The van der Waals surface area contributed by atoms with Gasteiger partial charge in [0.25, 0.3) is 0 Å². The third-order valence-corrected chi connectivity index (χ3v) is 3.55. The van der Waals surface area contributed by atoms with Gasteiger partial charge in [-0.15, -0.1) is 0 Å². The molecule has 1 saturated carbocycles. The average molecular weight is 198 g/mol. The first-order chi connectivity index (χ1) is 6.65. The van der Waals surface area contributed by atoms with Crippen LogP contribution in [0.4, 0.5) is 0 Å². The maximum atomic E-state index is 5.72. The monoisotopic (exact) mass is 198 g/mol. The van der Waals surface area contributed by atoms with E-state index in [1.807, 2.05) is 0 Å². The van der Waals surface area contributed by atoms with Crippen molar-refractivity contribution < 1.29 is 0 Å². The molecule has 0 heterocycles. The fourth-order valence-electron chi connectivity index (χ4n) is 1.92. The van der Waals surface area contributed by atoms with E-state index in [-0.39, 0.29) is 0 Å². The Morgan fingerprint density at radius 1 is 1.21 bits per heavy atom. The van der Waals surface area contributed by atoms with E-state index >= 15 is 0 Å². The molecule has 2 nitrogen and oxygen atoms in total. The maximum absolute atomic E-state index is 5.72. The van der Waals surface area contributed by atoms with Gasteiger partial charge in [-0.3, -0.25) is 0 Å². The van der Waals surface area contributed by atoms with Crippen LogP contribution in [0.2, 0.25) is 0 Å². The molecule has 0 saturated heterocycles. The first kappa shape index (κ1) is 12.0. The van der Waals surface area contributed by atoms with Gasteiger partial charge in [0.1, 0.15) is 0 Å². The van der Waals surface area contributed by atoms with Crippen LogP contribution in [0.5, 0.6) is 0 Å².